The van der Waals surface area contributed by atoms with E-state index in [2.05, 4.69) is 10.2 Å². The Balaban J connectivity index is 0.944. The minimum absolute atomic E-state index is 0.0308. The molecule has 1 amide bonds. The molecular weight excluding hydrogens is 513 g/mol. The van der Waals surface area contributed by atoms with Gasteiger partial charge in [-0.3, -0.25) is 14.5 Å². The number of aliphatic hydroxyl groups is 1. The molecule has 0 bridgehead atoms. The number of fused-ring (bicyclic) bond motifs is 2. The van der Waals surface area contributed by atoms with Crippen LogP contribution in [0, 0.1) is 17.8 Å². The van der Waals surface area contributed by atoms with Crippen LogP contribution in [0.15, 0.2) is 42.5 Å². The van der Waals surface area contributed by atoms with E-state index < -0.39 is 23.2 Å². The molecule has 3 atom stereocenters. The van der Waals surface area contributed by atoms with Crippen LogP contribution < -0.4 is 14.8 Å². The summed E-state index contributed by atoms with van der Waals surface area (Å²) in [7, 11) is 0. The van der Waals surface area contributed by atoms with Gasteiger partial charge in [0.2, 0.25) is 12.7 Å². The van der Waals surface area contributed by atoms with Crippen LogP contribution in [0.3, 0.4) is 0 Å². The first-order chi connectivity index (χ1) is 18.6. The van der Waals surface area contributed by atoms with Crippen molar-refractivity contribution in [2.24, 2.45) is 17.8 Å². The Kier molecular flexibility index (Phi) is 6.58. The van der Waals surface area contributed by atoms with E-state index in [0.717, 1.165) is 43.6 Å². The SMILES string of the molecule is O=C(CCC(=O)C1[C@H]2CN(C3CCC(O)(c4ccc5c(c4)OCO5)CC3)C[C@@H]12)Nc1cccc(C(F)(F)F)c1. The monoisotopic (exact) mass is 544 g/mol. The quantitative estimate of drug-likeness (QED) is 0.524. The van der Waals surface area contributed by atoms with Crippen molar-refractivity contribution in [2.45, 2.75) is 56.3 Å². The number of anilines is 1. The van der Waals surface area contributed by atoms with Gasteiger partial charge in [0, 0.05) is 43.6 Å². The highest BCUT2D eigenvalue weighted by atomic mass is 19.4. The van der Waals surface area contributed by atoms with Crippen LogP contribution in [0.5, 0.6) is 11.5 Å². The molecule has 2 aliphatic carbocycles. The summed E-state index contributed by atoms with van der Waals surface area (Å²) < 4.78 is 49.5. The second kappa shape index (κ2) is 9.82. The summed E-state index contributed by atoms with van der Waals surface area (Å²) in [6.07, 6.45) is -1.37. The molecule has 0 aromatic heterocycles. The van der Waals surface area contributed by atoms with Crippen molar-refractivity contribution in [3.8, 4) is 11.5 Å². The number of Topliss-reactive ketones (excluding diaryl/α,β-unsaturated/α-hetero) is 1. The molecule has 0 spiro atoms. The smallest absolute Gasteiger partial charge is 0.416 e. The Hall–Kier alpha value is -3.11. The number of nitrogens with one attached hydrogen (secondary N) is 1. The van der Waals surface area contributed by atoms with Crippen molar-refractivity contribution in [3.63, 3.8) is 0 Å². The van der Waals surface area contributed by atoms with E-state index in [0.29, 0.717) is 42.2 Å². The number of benzene rings is 2. The Labute approximate surface area is 224 Å². The number of rotatable bonds is 7. The summed E-state index contributed by atoms with van der Waals surface area (Å²) >= 11 is 0. The van der Waals surface area contributed by atoms with Gasteiger partial charge in [0.25, 0.3) is 0 Å². The summed E-state index contributed by atoms with van der Waals surface area (Å²) in [4.78, 5) is 27.5. The van der Waals surface area contributed by atoms with Gasteiger partial charge in [0.05, 0.1) is 11.2 Å². The van der Waals surface area contributed by atoms with Crippen LogP contribution in [0.1, 0.15) is 49.7 Å². The largest absolute Gasteiger partial charge is 0.454 e. The average Bonchev–Trinajstić information content (AvgIpc) is 3.22. The zero-order chi connectivity index (χ0) is 27.4. The number of likely N-dealkylation sites (tertiary alicyclic amines) is 1. The predicted molar refractivity (Wildman–Crippen MR) is 135 cm³/mol. The Morgan fingerprint density at radius 2 is 1.72 bits per heavy atom. The molecule has 1 saturated heterocycles. The van der Waals surface area contributed by atoms with Gasteiger partial charge in [0.1, 0.15) is 5.78 Å². The van der Waals surface area contributed by atoms with E-state index in [4.69, 9.17) is 9.47 Å². The molecule has 10 heteroatoms. The van der Waals surface area contributed by atoms with E-state index >= 15 is 0 Å². The fraction of sp³-hybridized carbons (Fsp3) is 0.517. The second-order valence-electron chi connectivity index (χ2n) is 11.2. The number of alkyl halides is 3. The lowest BCUT2D eigenvalue weighted by Gasteiger charge is -2.40. The fourth-order valence-electron chi connectivity index (χ4n) is 6.65. The van der Waals surface area contributed by atoms with E-state index in [1.54, 1.807) is 0 Å². The van der Waals surface area contributed by atoms with Gasteiger partial charge in [-0.05, 0) is 73.4 Å². The molecule has 2 N–H and O–H groups in total. The molecule has 1 unspecified atom stereocenters. The molecule has 3 fully saturated rings. The van der Waals surface area contributed by atoms with Crippen molar-refractivity contribution in [3.05, 3.63) is 53.6 Å². The topological polar surface area (TPSA) is 88.1 Å². The van der Waals surface area contributed by atoms with Crippen LogP contribution in [0.25, 0.3) is 0 Å². The molecule has 208 valence electrons. The maximum absolute atomic E-state index is 12.9. The second-order valence-corrected chi connectivity index (χ2v) is 11.2. The van der Waals surface area contributed by atoms with Crippen LogP contribution in [0.2, 0.25) is 0 Å². The molecule has 2 aliphatic heterocycles. The Bertz CT molecular complexity index is 1260. The minimum atomic E-state index is -4.49. The van der Waals surface area contributed by atoms with E-state index in [9.17, 15) is 27.9 Å². The predicted octanol–water partition coefficient (Wildman–Crippen LogP) is 4.73. The number of nitrogens with zero attached hydrogens (tertiary/aromatic N) is 1. The first-order valence-electron chi connectivity index (χ1n) is 13.5. The highest BCUT2D eigenvalue weighted by Gasteiger charge is 2.59. The summed E-state index contributed by atoms with van der Waals surface area (Å²) in [5.74, 6) is 1.55. The number of ketones is 1. The normalized spacial score (nSPS) is 29.6. The summed E-state index contributed by atoms with van der Waals surface area (Å²) in [6.45, 7) is 1.91. The highest BCUT2D eigenvalue weighted by molar-refractivity contribution is 5.94. The lowest BCUT2D eigenvalue weighted by molar-refractivity contribution is -0.137. The number of halogens is 3. The zero-order valence-electron chi connectivity index (χ0n) is 21.4. The van der Waals surface area contributed by atoms with Crippen molar-refractivity contribution >= 4 is 17.4 Å². The van der Waals surface area contributed by atoms with Gasteiger partial charge in [0.15, 0.2) is 11.5 Å². The Morgan fingerprint density at radius 1 is 1.00 bits per heavy atom. The lowest BCUT2D eigenvalue weighted by Crippen LogP contribution is -2.43. The number of piperidine rings is 1. The van der Waals surface area contributed by atoms with Gasteiger partial charge in [-0.1, -0.05) is 12.1 Å². The molecule has 4 aliphatic rings. The van der Waals surface area contributed by atoms with Crippen molar-refractivity contribution < 1.29 is 37.3 Å². The number of ether oxygens (including phenoxy) is 2. The lowest BCUT2D eigenvalue weighted by atomic mass is 9.77. The summed E-state index contributed by atoms with van der Waals surface area (Å²) in [5, 5.41) is 13.8. The van der Waals surface area contributed by atoms with Gasteiger partial charge in [-0.25, -0.2) is 0 Å². The molecule has 6 rings (SSSR count). The van der Waals surface area contributed by atoms with Gasteiger partial charge in [-0.2, -0.15) is 13.2 Å². The Morgan fingerprint density at radius 3 is 2.44 bits per heavy atom. The number of amides is 1. The van der Waals surface area contributed by atoms with E-state index in [1.807, 2.05) is 18.2 Å². The third-order valence-electron chi connectivity index (χ3n) is 8.87. The molecule has 2 aromatic rings. The van der Waals surface area contributed by atoms with Crippen molar-refractivity contribution in [1.82, 2.24) is 4.90 Å². The van der Waals surface area contributed by atoms with E-state index in [1.165, 1.54) is 12.1 Å². The van der Waals surface area contributed by atoms with Crippen LogP contribution in [0.4, 0.5) is 18.9 Å². The number of carbonyl (C=O) groups excluding carboxylic acids is 2. The maximum Gasteiger partial charge on any atom is 0.416 e. The zero-order valence-corrected chi connectivity index (χ0v) is 21.4. The first kappa shape index (κ1) is 26.1. The number of hydrogen-bond acceptors (Lipinski definition) is 6. The molecule has 0 radical (unpaired) electrons. The summed E-state index contributed by atoms with van der Waals surface area (Å²) in [5.41, 5.74) is -0.786. The number of carbonyl (C=O) groups is 2. The van der Waals surface area contributed by atoms with Crippen LogP contribution >= 0.6 is 0 Å². The molecule has 7 nitrogen and oxygen atoms in total. The highest BCUT2D eigenvalue weighted by Crippen LogP contribution is 2.54. The number of hydrogen-bond donors (Lipinski definition) is 2. The minimum Gasteiger partial charge on any atom is -0.454 e. The molecule has 2 saturated carbocycles. The average molecular weight is 545 g/mol. The summed E-state index contributed by atoms with van der Waals surface area (Å²) in [6, 6.07) is 10.5. The van der Waals surface area contributed by atoms with Crippen molar-refractivity contribution in [1.29, 1.82) is 0 Å². The molecule has 39 heavy (non-hydrogen) atoms. The van der Waals surface area contributed by atoms with Crippen LogP contribution in [-0.2, 0) is 21.4 Å². The molecule has 2 aromatic carbocycles. The van der Waals surface area contributed by atoms with E-state index in [-0.39, 0.29) is 37.0 Å². The molecular formula is C29H31F3N2O5. The first-order valence-corrected chi connectivity index (χ1v) is 13.5. The molecule has 2 heterocycles. The standard InChI is InChI=1S/C29H31F3N2O5/c30-29(31,32)18-2-1-3-19(12-18)33-26(36)7-5-23(35)27-21-14-34(15-22(21)27)20-8-10-28(37,11-9-20)17-4-6-24-25(13-17)39-16-38-24/h1-4,6,12-13,20-22,27,37H,5,7-11,14-16H2,(H,33,36)/t20?,21-,22+,27?,28?. The third kappa shape index (κ3) is 5.24. The van der Waals surface area contributed by atoms with Gasteiger partial charge >= 0.3 is 6.18 Å². The maximum atomic E-state index is 12.9. The van der Waals surface area contributed by atoms with Crippen LogP contribution in [-0.4, -0.2) is 47.6 Å². The van der Waals surface area contributed by atoms with Gasteiger partial charge < -0.3 is 19.9 Å². The third-order valence-corrected chi connectivity index (χ3v) is 8.87. The van der Waals surface area contributed by atoms with Crippen molar-refractivity contribution in [2.75, 3.05) is 25.2 Å². The fourth-order valence-corrected chi connectivity index (χ4v) is 6.65. The van der Waals surface area contributed by atoms with Gasteiger partial charge in [-0.15, -0.1) is 0 Å².